The van der Waals surface area contributed by atoms with Crippen LogP contribution in [0.2, 0.25) is 0 Å². The molecule has 0 spiro atoms. The van der Waals surface area contributed by atoms with Gasteiger partial charge in [0.1, 0.15) is 23.8 Å². The van der Waals surface area contributed by atoms with Crippen LogP contribution in [0.15, 0.2) is 70.0 Å². The van der Waals surface area contributed by atoms with Crippen molar-refractivity contribution in [1.29, 1.82) is 0 Å². The zero-order valence-electron chi connectivity index (χ0n) is 17.7. The molecule has 0 bridgehead atoms. The van der Waals surface area contributed by atoms with E-state index in [0.29, 0.717) is 28.8 Å². The van der Waals surface area contributed by atoms with Crippen molar-refractivity contribution in [1.82, 2.24) is 4.90 Å². The number of carbonyl (C=O) groups is 3. The first-order chi connectivity index (χ1) is 16.4. The van der Waals surface area contributed by atoms with Crippen molar-refractivity contribution in [3.63, 3.8) is 0 Å². The Labute approximate surface area is 197 Å². The van der Waals surface area contributed by atoms with Gasteiger partial charge in [-0.1, -0.05) is 18.2 Å². The van der Waals surface area contributed by atoms with Crippen LogP contribution in [0.5, 0.6) is 5.75 Å². The van der Waals surface area contributed by atoms with Crippen molar-refractivity contribution < 1.29 is 28.5 Å². The number of methoxy groups -OCH3 is 1. The summed E-state index contributed by atoms with van der Waals surface area (Å²) in [5, 5.41) is 13.0. The van der Waals surface area contributed by atoms with E-state index in [1.165, 1.54) is 31.4 Å². The van der Waals surface area contributed by atoms with Crippen molar-refractivity contribution in [2.75, 3.05) is 19.0 Å². The predicted octanol–water partition coefficient (Wildman–Crippen LogP) is 4.54. The van der Waals surface area contributed by atoms with E-state index in [1.54, 1.807) is 42.5 Å². The largest absolute Gasteiger partial charge is 0.496 e. The Morgan fingerprint density at radius 2 is 1.94 bits per heavy atom. The number of anilines is 1. The number of nitro groups is 1. The number of ether oxygens (including phenoxy) is 1. The van der Waals surface area contributed by atoms with Crippen molar-refractivity contribution >= 4 is 46.3 Å². The molecule has 1 fully saturated rings. The monoisotopic (exact) mass is 479 g/mol. The third kappa shape index (κ3) is 4.84. The number of rotatable bonds is 7. The van der Waals surface area contributed by atoms with Gasteiger partial charge in [-0.3, -0.25) is 29.4 Å². The summed E-state index contributed by atoms with van der Waals surface area (Å²) in [5.74, 6) is -0.210. The number of carbonyl (C=O) groups excluding carboxylic acids is 3. The summed E-state index contributed by atoms with van der Waals surface area (Å²) in [6, 6.07) is 16.0. The Hall–Kier alpha value is -4.38. The average molecular weight is 479 g/mol. The Morgan fingerprint density at radius 1 is 1.18 bits per heavy atom. The zero-order valence-corrected chi connectivity index (χ0v) is 18.5. The summed E-state index contributed by atoms with van der Waals surface area (Å²) < 4.78 is 11.0. The van der Waals surface area contributed by atoms with E-state index in [4.69, 9.17) is 9.15 Å². The summed E-state index contributed by atoms with van der Waals surface area (Å²) in [7, 11) is 1.39. The van der Waals surface area contributed by atoms with Crippen LogP contribution in [0.1, 0.15) is 5.76 Å². The number of benzene rings is 2. The summed E-state index contributed by atoms with van der Waals surface area (Å²) in [5.41, 5.74) is 0.913. The SMILES string of the molecule is COc1cc([N+](=O)[O-])ccc1-c1ccc(/C=C2\SC(=O)N(CC(=O)Nc3ccccc3)C2=O)o1. The van der Waals surface area contributed by atoms with Gasteiger partial charge in [0.05, 0.1) is 28.6 Å². The van der Waals surface area contributed by atoms with Crippen molar-refractivity contribution in [3.8, 4) is 17.1 Å². The molecule has 2 aromatic carbocycles. The molecule has 11 heteroatoms. The Bertz CT molecular complexity index is 1320. The van der Waals surface area contributed by atoms with E-state index in [9.17, 15) is 24.5 Å². The van der Waals surface area contributed by atoms with Crippen LogP contribution in [-0.4, -0.2) is 40.5 Å². The first-order valence-electron chi connectivity index (χ1n) is 9.88. The van der Waals surface area contributed by atoms with Crippen molar-refractivity contribution in [2.45, 2.75) is 0 Å². The van der Waals surface area contributed by atoms with Crippen LogP contribution < -0.4 is 10.1 Å². The summed E-state index contributed by atoms with van der Waals surface area (Å²) >= 11 is 0.702. The normalized spacial score (nSPS) is 14.5. The zero-order chi connectivity index (χ0) is 24.2. The van der Waals surface area contributed by atoms with Crippen LogP contribution in [0.4, 0.5) is 16.2 Å². The third-order valence-corrected chi connectivity index (χ3v) is 5.70. The minimum atomic E-state index is -0.607. The minimum Gasteiger partial charge on any atom is -0.496 e. The van der Waals surface area contributed by atoms with Crippen LogP contribution in [0.25, 0.3) is 17.4 Å². The fraction of sp³-hybridized carbons (Fsp3) is 0.0870. The molecule has 3 amide bonds. The first kappa shape index (κ1) is 22.8. The number of nitrogens with one attached hydrogen (secondary N) is 1. The maximum Gasteiger partial charge on any atom is 0.294 e. The quantitative estimate of drug-likeness (QED) is 0.297. The highest BCUT2D eigenvalue weighted by atomic mass is 32.2. The predicted molar refractivity (Wildman–Crippen MR) is 125 cm³/mol. The standard InChI is InChI=1S/C23H17N3O7S/c1-32-19-11-15(26(30)31)7-9-17(19)18-10-8-16(33-18)12-20-22(28)25(23(29)34-20)13-21(27)24-14-5-3-2-4-6-14/h2-12H,13H2,1H3,(H,24,27)/b20-12-. The molecule has 4 rings (SSSR count). The molecule has 0 aliphatic carbocycles. The van der Waals surface area contributed by atoms with Gasteiger partial charge in [-0.05, 0) is 42.1 Å². The van der Waals surface area contributed by atoms with E-state index in [-0.39, 0.29) is 22.1 Å². The maximum atomic E-state index is 12.7. The molecule has 1 aromatic heterocycles. The second-order valence-electron chi connectivity index (χ2n) is 7.03. The molecule has 0 radical (unpaired) electrons. The number of nitro benzene ring substituents is 1. The van der Waals surface area contributed by atoms with Crippen LogP contribution in [0, 0.1) is 10.1 Å². The molecular weight excluding hydrogens is 462 g/mol. The molecule has 3 aromatic rings. The van der Waals surface area contributed by atoms with Gasteiger partial charge < -0.3 is 14.5 Å². The topological polar surface area (TPSA) is 132 Å². The van der Waals surface area contributed by atoms with Gasteiger partial charge >= 0.3 is 0 Å². The number of nitrogens with zero attached hydrogens (tertiary/aromatic N) is 2. The van der Waals surface area contributed by atoms with Gasteiger partial charge in [0.25, 0.3) is 16.8 Å². The second-order valence-corrected chi connectivity index (χ2v) is 8.02. The molecule has 34 heavy (non-hydrogen) atoms. The van der Waals surface area contributed by atoms with Gasteiger partial charge in [-0.2, -0.15) is 0 Å². The number of non-ortho nitro benzene ring substituents is 1. The highest BCUT2D eigenvalue weighted by Crippen LogP contribution is 2.36. The van der Waals surface area contributed by atoms with E-state index in [2.05, 4.69) is 5.32 Å². The number of furan rings is 1. The lowest BCUT2D eigenvalue weighted by Crippen LogP contribution is -2.36. The lowest BCUT2D eigenvalue weighted by molar-refractivity contribution is -0.384. The number of para-hydroxylation sites is 1. The number of amides is 3. The molecule has 0 atom stereocenters. The Morgan fingerprint density at radius 3 is 2.65 bits per heavy atom. The maximum absolute atomic E-state index is 12.7. The third-order valence-electron chi connectivity index (χ3n) is 4.79. The molecule has 1 saturated heterocycles. The second kappa shape index (κ2) is 9.63. The highest BCUT2D eigenvalue weighted by molar-refractivity contribution is 8.18. The molecule has 1 N–H and O–H groups in total. The minimum absolute atomic E-state index is 0.106. The number of thioether (sulfide) groups is 1. The fourth-order valence-corrected chi connectivity index (χ4v) is 4.02. The molecule has 0 saturated carbocycles. The molecular formula is C23H17N3O7S. The molecule has 172 valence electrons. The van der Waals surface area contributed by atoms with Crippen LogP contribution in [-0.2, 0) is 9.59 Å². The lowest BCUT2D eigenvalue weighted by atomic mass is 10.1. The molecule has 1 aliphatic heterocycles. The van der Waals surface area contributed by atoms with Crippen LogP contribution >= 0.6 is 11.8 Å². The summed E-state index contributed by atoms with van der Waals surface area (Å²) in [6.45, 7) is -0.416. The fourth-order valence-electron chi connectivity index (χ4n) is 3.20. The van der Waals surface area contributed by atoms with Gasteiger partial charge in [-0.25, -0.2) is 0 Å². The van der Waals surface area contributed by atoms with Gasteiger partial charge in [-0.15, -0.1) is 0 Å². The number of hydrogen-bond donors (Lipinski definition) is 1. The van der Waals surface area contributed by atoms with Gasteiger partial charge in [0, 0.05) is 17.8 Å². The number of hydrogen-bond acceptors (Lipinski definition) is 8. The van der Waals surface area contributed by atoms with Gasteiger partial charge in [0.2, 0.25) is 5.91 Å². The lowest BCUT2D eigenvalue weighted by Gasteiger charge is -2.12. The Balaban J connectivity index is 1.49. The average Bonchev–Trinajstić information content (AvgIpc) is 3.39. The van der Waals surface area contributed by atoms with E-state index >= 15 is 0 Å². The molecule has 10 nitrogen and oxygen atoms in total. The summed E-state index contributed by atoms with van der Waals surface area (Å²) in [4.78, 5) is 48.7. The smallest absolute Gasteiger partial charge is 0.294 e. The van der Waals surface area contributed by atoms with E-state index < -0.39 is 28.5 Å². The first-order valence-corrected chi connectivity index (χ1v) is 10.7. The Kier molecular flexibility index (Phi) is 6.46. The van der Waals surface area contributed by atoms with Crippen LogP contribution in [0.3, 0.4) is 0 Å². The van der Waals surface area contributed by atoms with Crippen molar-refractivity contribution in [3.05, 3.63) is 81.4 Å². The van der Waals surface area contributed by atoms with E-state index in [1.807, 2.05) is 0 Å². The summed E-state index contributed by atoms with van der Waals surface area (Å²) in [6.07, 6.45) is 1.40. The highest BCUT2D eigenvalue weighted by Gasteiger charge is 2.36. The van der Waals surface area contributed by atoms with Gasteiger partial charge in [0.15, 0.2) is 0 Å². The molecule has 0 unspecified atom stereocenters. The van der Waals surface area contributed by atoms with Crippen molar-refractivity contribution in [2.24, 2.45) is 0 Å². The molecule has 1 aliphatic rings. The van der Waals surface area contributed by atoms with E-state index in [0.717, 1.165) is 4.90 Å². The number of imide groups is 1. The molecule has 2 heterocycles.